The van der Waals surface area contributed by atoms with E-state index < -0.39 is 5.97 Å². The second-order valence-electron chi connectivity index (χ2n) is 3.50. The number of benzene rings is 1. The van der Waals surface area contributed by atoms with Gasteiger partial charge in [0.2, 0.25) is 0 Å². The van der Waals surface area contributed by atoms with Gasteiger partial charge in [0.05, 0.1) is 0 Å². The van der Waals surface area contributed by atoms with Crippen LogP contribution in [0, 0.1) is 0 Å². The normalized spacial score (nSPS) is 10.4. The van der Waals surface area contributed by atoms with E-state index in [1.165, 1.54) is 0 Å². The van der Waals surface area contributed by atoms with Gasteiger partial charge in [0.25, 0.3) is 0 Å². The molecule has 4 N–H and O–H groups in total. The van der Waals surface area contributed by atoms with Crippen LogP contribution >= 0.6 is 11.6 Å². The molecule has 5 nitrogen and oxygen atoms in total. The van der Waals surface area contributed by atoms with Gasteiger partial charge in [-0.05, 0) is 18.2 Å². The number of hydrogen-bond donors (Lipinski definition) is 3. The van der Waals surface area contributed by atoms with Crippen LogP contribution in [0.4, 0.5) is 11.5 Å². The Labute approximate surface area is 102 Å². The zero-order valence-electron chi connectivity index (χ0n) is 8.77. The summed E-state index contributed by atoms with van der Waals surface area (Å²) in [7, 11) is 0. The molecule has 0 atom stereocenters. The molecule has 0 unspecified atom stereocenters. The van der Waals surface area contributed by atoms with Crippen molar-refractivity contribution >= 4 is 39.8 Å². The molecule has 1 heterocycles. The number of rotatable bonds is 3. The molecule has 88 valence electrons. The average Bonchev–Trinajstić information content (AvgIpc) is 2.26. The van der Waals surface area contributed by atoms with Gasteiger partial charge < -0.3 is 16.2 Å². The summed E-state index contributed by atoms with van der Waals surface area (Å²) in [6.07, 6.45) is 1.57. The third-order valence-electron chi connectivity index (χ3n) is 2.28. The minimum absolute atomic E-state index is 0.210. The molecule has 0 aliphatic heterocycles. The number of nitrogen functional groups attached to an aromatic ring is 1. The number of aliphatic carboxylic acids is 1. The van der Waals surface area contributed by atoms with Gasteiger partial charge >= 0.3 is 5.97 Å². The maximum Gasteiger partial charge on any atom is 0.322 e. The maximum atomic E-state index is 10.5. The molecule has 1 aromatic heterocycles. The first-order valence-corrected chi connectivity index (χ1v) is 5.25. The van der Waals surface area contributed by atoms with Crippen LogP contribution < -0.4 is 11.1 Å². The van der Waals surface area contributed by atoms with Crippen molar-refractivity contribution in [3.05, 3.63) is 29.4 Å². The number of fused-ring (bicyclic) bond motifs is 1. The molecule has 0 aliphatic rings. The largest absolute Gasteiger partial charge is 0.480 e. The van der Waals surface area contributed by atoms with Crippen LogP contribution in [-0.4, -0.2) is 22.6 Å². The van der Waals surface area contributed by atoms with Crippen LogP contribution in [0.5, 0.6) is 0 Å². The quantitative estimate of drug-likeness (QED) is 0.726. The molecule has 0 fully saturated rings. The summed E-state index contributed by atoms with van der Waals surface area (Å²) >= 11 is 5.91. The predicted octanol–water partition coefficient (Wildman–Crippen LogP) is 1.97. The molecule has 0 saturated heterocycles. The third-order valence-corrected chi connectivity index (χ3v) is 2.50. The Bertz CT molecular complexity index is 586. The molecule has 6 heteroatoms. The van der Waals surface area contributed by atoms with Crippen molar-refractivity contribution in [2.24, 2.45) is 0 Å². The Hall–Kier alpha value is -2.01. The van der Waals surface area contributed by atoms with Crippen LogP contribution in [-0.2, 0) is 4.79 Å². The molecule has 0 aliphatic carbocycles. The van der Waals surface area contributed by atoms with Gasteiger partial charge in [-0.3, -0.25) is 4.79 Å². The van der Waals surface area contributed by atoms with Gasteiger partial charge in [0, 0.05) is 27.7 Å². The molecule has 0 amide bonds. The lowest BCUT2D eigenvalue weighted by molar-refractivity contribution is -0.134. The number of anilines is 2. The summed E-state index contributed by atoms with van der Waals surface area (Å²) < 4.78 is 0. The average molecular weight is 252 g/mol. The lowest BCUT2D eigenvalue weighted by Gasteiger charge is -2.08. The van der Waals surface area contributed by atoms with Crippen molar-refractivity contribution in [3.63, 3.8) is 0 Å². The second-order valence-corrected chi connectivity index (χ2v) is 3.93. The van der Waals surface area contributed by atoms with E-state index in [2.05, 4.69) is 10.3 Å². The van der Waals surface area contributed by atoms with Gasteiger partial charge in [0.1, 0.15) is 12.4 Å². The first-order valence-electron chi connectivity index (χ1n) is 4.87. The second kappa shape index (κ2) is 4.47. The minimum Gasteiger partial charge on any atom is -0.480 e. The van der Waals surface area contributed by atoms with E-state index in [4.69, 9.17) is 22.4 Å². The zero-order valence-corrected chi connectivity index (χ0v) is 9.53. The Morgan fingerprint density at radius 3 is 2.94 bits per heavy atom. The Kier molecular flexibility index (Phi) is 3.01. The van der Waals surface area contributed by atoms with Crippen molar-refractivity contribution in [2.45, 2.75) is 0 Å². The fraction of sp³-hybridized carbons (Fsp3) is 0.0909. The van der Waals surface area contributed by atoms with E-state index in [0.717, 1.165) is 5.39 Å². The first kappa shape index (κ1) is 11.5. The maximum absolute atomic E-state index is 10.5. The van der Waals surface area contributed by atoms with Crippen molar-refractivity contribution in [1.82, 2.24) is 4.98 Å². The SMILES string of the molecule is Nc1cc(Cl)cc2c(NCC(=O)O)nccc12. The molecule has 0 bridgehead atoms. The molecule has 0 radical (unpaired) electrons. The van der Waals surface area contributed by atoms with Gasteiger partial charge in [-0.2, -0.15) is 0 Å². The number of hydrogen-bond acceptors (Lipinski definition) is 4. The summed E-state index contributed by atoms with van der Waals surface area (Å²) in [5.41, 5.74) is 6.36. The van der Waals surface area contributed by atoms with Gasteiger partial charge in [-0.1, -0.05) is 11.6 Å². The summed E-state index contributed by atoms with van der Waals surface area (Å²) in [5, 5.41) is 13.3. The van der Waals surface area contributed by atoms with Crippen molar-refractivity contribution in [1.29, 1.82) is 0 Å². The molecule has 2 rings (SSSR count). The Morgan fingerprint density at radius 2 is 2.24 bits per heavy atom. The number of nitrogens with one attached hydrogen (secondary N) is 1. The lowest BCUT2D eigenvalue weighted by atomic mass is 10.1. The van der Waals surface area contributed by atoms with Gasteiger partial charge in [0.15, 0.2) is 0 Å². The van der Waals surface area contributed by atoms with E-state index >= 15 is 0 Å². The number of carboxylic acids is 1. The number of carboxylic acid groups (broad SMARTS) is 1. The molecule has 0 saturated carbocycles. The van der Waals surface area contributed by atoms with Crippen LogP contribution in [0.1, 0.15) is 0 Å². The number of nitrogens with two attached hydrogens (primary N) is 1. The topological polar surface area (TPSA) is 88.2 Å². The van der Waals surface area contributed by atoms with Gasteiger partial charge in [-0.25, -0.2) is 4.98 Å². The van der Waals surface area contributed by atoms with Crippen molar-refractivity contribution in [2.75, 3.05) is 17.6 Å². The Balaban J connectivity index is 2.52. The molecule has 1 aromatic carbocycles. The number of nitrogens with zero attached hydrogens (tertiary/aromatic N) is 1. The summed E-state index contributed by atoms with van der Waals surface area (Å²) in [6.45, 7) is -0.210. The number of aromatic nitrogens is 1. The minimum atomic E-state index is -0.959. The van der Waals surface area contributed by atoms with Crippen LogP contribution in [0.3, 0.4) is 0 Å². The summed E-state index contributed by atoms with van der Waals surface area (Å²) in [6, 6.07) is 5.10. The van der Waals surface area contributed by atoms with Crippen LogP contribution in [0.2, 0.25) is 5.02 Å². The summed E-state index contributed by atoms with van der Waals surface area (Å²) in [4.78, 5) is 14.6. The van der Waals surface area contributed by atoms with Crippen LogP contribution in [0.25, 0.3) is 10.8 Å². The fourth-order valence-electron chi connectivity index (χ4n) is 1.58. The summed E-state index contributed by atoms with van der Waals surface area (Å²) in [5.74, 6) is -0.502. The first-order chi connectivity index (χ1) is 8.08. The third kappa shape index (κ3) is 2.39. The molecule has 2 aromatic rings. The molecular weight excluding hydrogens is 242 g/mol. The van der Waals surface area contributed by atoms with Crippen molar-refractivity contribution in [3.8, 4) is 0 Å². The lowest BCUT2D eigenvalue weighted by Crippen LogP contribution is -2.13. The highest BCUT2D eigenvalue weighted by Crippen LogP contribution is 2.29. The highest BCUT2D eigenvalue weighted by atomic mass is 35.5. The zero-order chi connectivity index (χ0) is 12.4. The van der Waals surface area contributed by atoms with Crippen LogP contribution in [0.15, 0.2) is 24.4 Å². The smallest absolute Gasteiger partial charge is 0.322 e. The van der Waals surface area contributed by atoms with E-state index in [1.807, 2.05) is 0 Å². The fourth-order valence-corrected chi connectivity index (χ4v) is 1.80. The number of halogens is 1. The standard InChI is InChI=1S/C11H10ClN3O2/c12-6-3-8-7(9(13)4-6)1-2-14-11(8)15-5-10(16)17/h1-4H,5,13H2,(H,14,15)(H,16,17). The highest BCUT2D eigenvalue weighted by molar-refractivity contribution is 6.32. The molecule has 17 heavy (non-hydrogen) atoms. The monoisotopic (exact) mass is 251 g/mol. The van der Waals surface area contributed by atoms with E-state index in [9.17, 15) is 4.79 Å². The molecule has 0 spiro atoms. The van der Waals surface area contributed by atoms with E-state index in [1.54, 1.807) is 24.4 Å². The van der Waals surface area contributed by atoms with Gasteiger partial charge in [-0.15, -0.1) is 0 Å². The highest BCUT2D eigenvalue weighted by Gasteiger charge is 2.07. The van der Waals surface area contributed by atoms with E-state index in [0.29, 0.717) is 21.9 Å². The Morgan fingerprint density at radius 1 is 1.47 bits per heavy atom. The van der Waals surface area contributed by atoms with E-state index in [-0.39, 0.29) is 6.54 Å². The predicted molar refractivity (Wildman–Crippen MR) is 67.3 cm³/mol. The molecular formula is C11H10ClN3O2. The van der Waals surface area contributed by atoms with Crippen molar-refractivity contribution < 1.29 is 9.90 Å². The number of carbonyl (C=O) groups is 1. The number of pyridine rings is 1.